The molecule has 0 bridgehead atoms. The second-order valence-electron chi connectivity index (χ2n) is 3.93. The van der Waals surface area contributed by atoms with Crippen molar-refractivity contribution in [3.05, 3.63) is 22.4 Å². The lowest BCUT2D eigenvalue weighted by molar-refractivity contribution is -0.150. The van der Waals surface area contributed by atoms with E-state index < -0.39 is 0 Å². The van der Waals surface area contributed by atoms with Gasteiger partial charge in [-0.1, -0.05) is 13.0 Å². The molecule has 15 heavy (non-hydrogen) atoms. The van der Waals surface area contributed by atoms with E-state index in [1.807, 2.05) is 17.5 Å². The molecule has 2 rings (SSSR count). The maximum atomic E-state index is 11.7. The van der Waals surface area contributed by atoms with E-state index in [4.69, 9.17) is 4.74 Å². The lowest BCUT2D eigenvalue weighted by Crippen LogP contribution is -2.23. The zero-order chi connectivity index (χ0) is 10.7. The van der Waals surface area contributed by atoms with E-state index in [1.165, 1.54) is 0 Å². The van der Waals surface area contributed by atoms with Crippen molar-refractivity contribution in [2.45, 2.75) is 13.5 Å². The SMILES string of the molecule is CC1CNCC1C(=O)OCc1cccs1. The van der Waals surface area contributed by atoms with Gasteiger partial charge in [-0.3, -0.25) is 4.79 Å². The fourth-order valence-electron chi connectivity index (χ4n) is 1.77. The molecule has 0 spiro atoms. The number of hydrogen-bond donors (Lipinski definition) is 1. The van der Waals surface area contributed by atoms with Crippen molar-refractivity contribution in [1.82, 2.24) is 5.32 Å². The van der Waals surface area contributed by atoms with Crippen LogP contribution < -0.4 is 5.32 Å². The van der Waals surface area contributed by atoms with Gasteiger partial charge in [0.1, 0.15) is 6.61 Å². The molecule has 1 aliphatic heterocycles. The molecule has 82 valence electrons. The van der Waals surface area contributed by atoms with E-state index in [9.17, 15) is 4.79 Å². The lowest BCUT2D eigenvalue weighted by atomic mass is 9.99. The molecule has 0 saturated carbocycles. The highest BCUT2D eigenvalue weighted by molar-refractivity contribution is 7.09. The summed E-state index contributed by atoms with van der Waals surface area (Å²) in [5.41, 5.74) is 0. The Morgan fingerprint density at radius 2 is 2.53 bits per heavy atom. The summed E-state index contributed by atoms with van der Waals surface area (Å²) in [6.45, 7) is 4.17. The fourth-order valence-corrected chi connectivity index (χ4v) is 2.39. The second-order valence-corrected chi connectivity index (χ2v) is 4.96. The maximum absolute atomic E-state index is 11.7. The van der Waals surface area contributed by atoms with E-state index in [0.717, 1.165) is 18.0 Å². The molecule has 0 aromatic carbocycles. The predicted octanol–water partition coefficient (Wildman–Crippen LogP) is 1.65. The number of carbonyl (C=O) groups excluding carboxylic acids is 1. The molecular formula is C11H15NO2S. The third-order valence-corrected chi connectivity index (χ3v) is 3.61. The number of nitrogens with one attached hydrogen (secondary N) is 1. The fraction of sp³-hybridized carbons (Fsp3) is 0.545. The molecule has 3 nitrogen and oxygen atoms in total. The smallest absolute Gasteiger partial charge is 0.310 e. The lowest BCUT2D eigenvalue weighted by Gasteiger charge is -2.12. The Hall–Kier alpha value is -0.870. The predicted molar refractivity (Wildman–Crippen MR) is 59.6 cm³/mol. The average molecular weight is 225 g/mol. The van der Waals surface area contributed by atoms with Gasteiger partial charge >= 0.3 is 5.97 Å². The van der Waals surface area contributed by atoms with Gasteiger partial charge in [-0.15, -0.1) is 11.3 Å². The molecule has 2 atom stereocenters. The van der Waals surface area contributed by atoms with E-state index in [-0.39, 0.29) is 11.9 Å². The molecule has 0 amide bonds. The van der Waals surface area contributed by atoms with Crippen LogP contribution in [0.4, 0.5) is 0 Å². The minimum atomic E-state index is -0.0686. The van der Waals surface area contributed by atoms with Crippen molar-refractivity contribution < 1.29 is 9.53 Å². The molecule has 4 heteroatoms. The van der Waals surface area contributed by atoms with Gasteiger partial charge < -0.3 is 10.1 Å². The first-order valence-electron chi connectivity index (χ1n) is 5.17. The second kappa shape index (κ2) is 4.77. The third kappa shape index (κ3) is 2.58. The first-order valence-corrected chi connectivity index (χ1v) is 6.05. The van der Waals surface area contributed by atoms with Crippen molar-refractivity contribution in [3.8, 4) is 0 Å². The molecule has 2 heterocycles. The largest absolute Gasteiger partial charge is 0.460 e. The maximum Gasteiger partial charge on any atom is 0.310 e. The number of thiophene rings is 1. The van der Waals surface area contributed by atoms with Gasteiger partial charge in [0, 0.05) is 11.4 Å². The normalized spacial score (nSPS) is 25.4. The summed E-state index contributed by atoms with van der Waals surface area (Å²) in [5.74, 6) is 0.353. The quantitative estimate of drug-likeness (QED) is 0.795. The van der Waals surface area contributed by atoms with Crippen LogP contribution in [-0.2, 0) is 16.1 Å². The van der Waals surface area contributed by atoms with Gasteiger partial charge in [0.15, 0.2) is 0 Å². The van der Waals surface area contributed by atoms with Gasteiger partial charge in [0.2, 0.25) is 0 Å². The minimum absolute atomic E-state index is 0.0324. The topological polar surface area (TPSA) is 38.3 Å². The van der Waals surface area contributed by atoms with Crippen LogP contribution in [0.3, 0.4) is 0 Å². The molecule has 0 aliphatic carbocycles. The number of carbonyl (C=O) groups is 1. The highest BCUT2D eigenvalue weighted by Crippen LogP contribution is 2.18. The Labute approximate surface area is 93.4 Å². The molecule has 1 aromatic rings. The van der Waals surface area contributed by atoms with Crippen molar-refractivity contribution >= 4 is 17.3 Å². The number of ether oxygens (including phenoxy) is 1. The van der Waals surface area contributed by atoms with E-state index in [1.54, 1.807) is 11.3 Å². The molecule has 1 fully saturated rings. The summed E-state index contributed by atoms with van der Waals surface area (Å²) in [7, 11) is 0. The zero-order valence-corrected chi connectivity index (χ0v) is 9.55. The molecular weight excluding hydrogens is 210 g/mol. The Balaban J connectivity index is 1.82. The van der Waals surface area contributed by atoms with Crippen LogP contribution in [0.15, 0.2) is 17.5 Å². The van der Waals surface area contributed by atoms with Crippen molar-refractivity contribution in [2.24, 2.45) is 11.8 Å². The van der Waals surface area contributed by atoms with Crippen LogP contribution in [0.2, 0.25) is 0 Å². The Kier molecular flexibility index (Phi) is 3.38. The number of hydrogen-bond acceptors (Lipinski definition) is 4. The number of esters is 1. The first kappa shape index (κ1) is 10.6. The highest BCUT2D eigenvalue weighted by atomic mass is 32.1. The van der Waals surface area contributed by atoms with Crippen LogP contribution in [0.1, 0.15) is 11.8 Å². The summed E-state index contributed by atoms with van der Waals surface area (Å²) in [4.78, 5) is 12.8. The summed E-state index contributed by atoms with van der Waals surface area (Å²) in [6.07, 6.45) is 0. The van der Waals surface area contributed by atoms with Gasteiger partial charge in [0.05, 0.1) is 5.92 Å². The Morgan fingerprint density at radius 3 is 3.13 bits per heavy atom. The molecule has 1 N–H and O–H groups in total. The minimum Gasteiger partial charge on any atom is -0.460 e. The molecule has 1 saturated heterocycles. The molecule has 2 unspecified atom stereocenters. The summed E-state index contributed by atoms with van der Waals surface area (Å²) < 4.78 is 5.27. The Morgan fingerprint density at radius 1 is 1.67 bits per heavy atom. The van der Waals surface area contributed by atoms with Crippen molar-refractivity contribution in [1.29, 1.82) is 0 Å². The monoisotopic (exact) mass is 225 g/mol. The molecule has 1 aliphatic rings. The van der Waals surface area contributed by atoms with Crippen molar-refractivity contribution in [3.63, 3.8) is 0 Å². The van der Waals surface area contributed by atoms with Gasteiger partial charge in [-0.2, -0.15) is 0 Å². The molecule has 1 aromatic heterocycles. The van der Waals surface area contributed by atoms with Crippen LogP contribution in [-0.4, -0.2) is 19.1 Å². The van der Waals surface area contributed by atoms with Gasteiger partial charge in [0.25, 0.3) is 0 Å². The summed E-state index contributed by atoms with van der Waals surface area (Å²) >= 11 is 1.62. The van der Waals surface area contributed by atoms with Gasteiger partial charge in [-0.05, 0) is 23.9 Å². The standard InChI is InChI=1S/C11H15NO2S/c1-8-5-12-6-10(8)11(13)14-7-9-3-2-4-15-9/h2-4,8,10,12H,5-7H2,1H3. The zero-order valence-electron chi connectivity index (χ0n) is 8.73. The average Bonchev–Trinajstić information content (AvgIpc) is 2.84. The Bertz CT molecular complexity index is 323. The van der Waals surface area contributed by atoms with Crippen molar-refractivity contribution in [2.75, 3.05) is 13.1 Å². The van der Waals surface area contributed by atoms with Crippen LogP contribution >= 0.6 is 11.3 Å². The van der Waals surface area contributed by atoms with E-state index in [2.05, 4.69) is 12.2 Å². The van der Waals surface area contributed by atoms with E-state index in [0.29, 0.717) is 12.5 Å². The highest BCUT2D eigenvalue weighted by Gasteiger charge is 2.30. The van der Waals surface area contributed by atoms with E-state index >= 15 is 0 Å². The van der Waals surface area contributed by atoms with Crippen LogP contribution in [0.5, 0.6) is 0 Å². The molecule has 0 radical (unpaired) electrons. The van der Waals surface area contributed by atoms with Crippen LogP contribution in [0.25, 0.3) is 0 Å². The van der Waals surface area contributed by atoms with Gasteiger partial charge in [-0.25, -0.2) is 0 Å². The summed E-state index contributed by atoms with van der Waals surface area (Å²) in [5, 5.41) is 5.19. The summed E-state index contributed by atoms with van der Waals surface area (Å²) in [6, 6.07) is 3.95. The third-order valence-electron chi connectivity index (χ3n) is 2.76. The first-order chi connectivity index (χ1) is 7.27. The van der Waals surface area contributed by atoms with Crippen LogP contribution in [0, 0.1) is 11.8 Å². The number of rotatable bonds is 3.